The summed E-state index contributed by atoms with van der Waals surface area (Å²) in [4.78, 5) is 17.6. The molecule has 0 radical (unpaired) electrons. The topological polar surface area (TPSA) is 33.2 Å². The lowest BCUT2D eigenvalue weighted by atomic mass is 10.0. The molecule has 1 aliphatic rings. The first kappa shape index (κ1) is 9.65. The van der Waals surface area contributed by atoms with E-state index in [1.54, 1.807) is 12.3 Å². The molecule has 1 fully saturated rings. The molecule has 0 aliphatic carbocycles. The van der Waals surface area contributed by atoms with E-state index in [-0.39, 0.29) is 5.91 Å². The van der Waals surface area contributed by atoms with Crippen LogP contribution in [-0.4, -0.2) is 28.9 Å². The molecule has 1 aromatic rings. The molecule has 0 aromatic carbocycles. The van der Waals surface area contributed by atoms with Gasteiger partial charge in [0.15, 0.2) is 0 Å². The zero-order valence-corrected chi connectivity index (χ0v) is 9.49. The largest absolute Gasteiger partial charge is 0.337 e. The van der Waals surface area contributed by atoms with Gasteiger partial charge >= 0.3 is 0 Å². The number of likely N-dealkylation sites (tertiary alicyclic amines) is 1. The molecule has 1 saturated heterocycles. The van der Waals surface area contributed by atoms with Crippen LogP contribution in [0.15, 0.2) is 22.8 Å². The third-order valence-corrected chi connectivity index (χ3v) is 2.79. The number of pyridine rings is 1. The van der Waals surface area contributed by atoms with Crippen LogP contribution < -0.4 is 0 Å². The van der Waals surface area contributed by atoms with Gasteiger partial charge in [-0.3, -0.25) is 9.78 Å². The fourth-order valence-electron chi connectivity index (χ4n) is 1.55. The summed E-state index contributed by atoms with van der Waals surface area (Å²) < 4.78 is 0.893. The number of carbonyl (C=O) groups is 1. The van der Waals surface area contributed by atoms with Crippen molar-refractivity contribution in [2.45, 2.75) is 6.92 Å². The van der Waals surface area contributed by atoms with Gasteiger partial charge in [0.05, 0.1) is 0 Å². The third kappa shape index (κ3) is 1.80. The quantitative estimate of drug-likeness (QED) is 0.768. The standard InChI is InChI=1S/C10H11BrN2O/c1-7-5-13(6-7)10(14)9-4-8(11)2-3-12-9/h2-4,7H,5-6H2,1H3. The Morgan fingerprint density at radius 1 is 1.64 bits per heavy atom. The average molecular weight is 255 g/mol. The number of aromatic nitrogens is 1. The Hall–Kier alpha value is -0.900. The number of nitrogens with zero attached hydrogens (tertiary/aromatic N) is 2. The maximum Gasteiger partial charge on any atom is 0.272 e. The number of hydrogen-bond donors (Lipinski definition) is 0. The Kier molecular flexibility index (Phi) is 2.54. The smallest absolute Gasteiger partial charge is 0.272 e. The van der Waals surface area contributed by atoms with Gasteiger partial charge in [-0.25, -0.2) is 0 Å². The summed E-state index contributed by atoms with van der Waals surface area (Å²) in [5, 5.41) is 0. The van der Waals surface area contributed by atoms with Gasteiger partial charge in [-0.05, 0) is 18.1 Å². The van der Waals surface area contributed by atoms with Gasteiger partial charge in [0.25, 0.3) is 5.91 Å². The molecule has 74 valence electrons. The summed E-state index contributed by atoms with van der Waals surface area (Å²) >= 11 is 3.32. The molecular weight excluding hydrogens is 244 g/mol. The molecule has 4 heteroatoms. The fourth-order valence-corrected chi connectivity index (χ4v) is 1.88. The van der Waals surface area contributed by atoms with Crippen LogP contribution in [0.1, 0.15) is 17.4 Å². The maximum atomic E-state index is 11.8. The van der Waals surface area contributed by atoms with Crippen LogP contribution >= 0.6 is 15.9 Å². The molecule has 14 heavy (non-hydrogen) atoms. The molecule has 0 N–H and O–H groups in total. The highest BCUT2D eigenvalue weighted by Gasteiger charge is 2.28. The molecule has 3 nitrogen and oxygen atoms in total. The lowest BCUT2D eigenvalue weighted by Crippen LogP contribution is -2.48. The van der Waals surface area contributed by atoms with Gasteiger partial charge in [0, 0.05) is 23.8 Å². The molecule has 2 heterocycles. The summed E-state index contributed by atoms with van der Waals surface area (Å²) in [6.07, 6.45) is 1.64. The van der Waals surface area contributed by atoms with E-state index in [1.807, 2.05) is 11.0 Å². The van der Waals surface area contributed by atoms with E-state index in [2.05, 4.69) is 27.8 Å². The number of amides is 1. The van der Waals surface area contributed by atoms with Crippen molar-refractivity contribution in [3.8, 4) is 0 Å². The van der Waals surface area contributed by atoms with Crippen LogP contribution in [0.5, 0.6) is 0 Å². The minimum absolute atomic E-state index is 0.0319. The summed E-state index contributed by atoms with van der Waals surface area (Å²) in [6.45, 7) is 3.85. The van der Waals surface area contributed by atoms with E-state index < -0.39 is 0 Å². The maximum absolute atomic E-state index is 11.8. The van der Waals surface area contributed by atoms with E-state index in [1.165, 1.54) is 0 Å². The molecule has 0 spiro atoms. The Morgan fingerprint density at radius 2 is 2.36 bits per heavy atom. The summed E-state index contributed by atoms with van der Waals surface area (Å²) in [7, 11) is 0. The minimum atomic E-state index is 0.0319. The molecule has 0 unspecified atom stereocenters. The Labute approximate surface area is 91.3 Å². The highest BCUT2D eigenvalue weighted by molar-refractivity contribution is 9.10. The van der Waals surface area contributed by atoms with Gasteiger partial charge in [0.1, 0.15) is 5.69 Å². The van der Waals surface area contributed by atoms with E-state index in [0.29, 0.717) is 11.6 Å². The summed E-state index contributed by atoms with van der Waals surface area (Å²) in [6, 6.07) is 3.57. The zero-order valence-electron chi connectivity index (χ0n) is 7.90. The number of carbonyl (C=O) groups excluding carboxylic acids is 1. The van der Waals surface area contributed by atoms with Gasteiger partial charge in [-0.1, -0.05) is 22.9 Å². The summed E-state index contributed by atoms with van der Waals surface area (Å²) in [5.74, 6) is 0.663. The lowest BCUT2D eigenvalue weighted by Gasteiger charge is -2.36. The van der Waals surface area contributed by atoms with Crippen LogP contribution in [-0.2, 0) is 0 Å². The first-order chi connectivity index (χ1) is 6.66. The van der Waals surface area contributed by atoms with E-state index in [4.69, 9.17) is 0 Å². The molecule has 1 amide bonds. The predicted octanol–water partition coefficient (Wildman–Crippen LogP) is 1.94. The van der Waals surface area contributed by atoms with Gasteiger partial charge in [-0.2, -0.15) is 0 Å². The van der Waals surface area contributed by atoms with Crippen LogP contribution in [0.3, 0.4) is 0 Å². The summed E-state index contributed by atoms with van der Waals surface area (Å²) in [5.41, 5.74) is 0.520. The molecule has 0 saturated carbocycles. The number of rotatable bonds is 1. The van der Waals surface area contributed by atoms with Crippen molar-refractivity contribution in [2.24, 2.45) is 5.92 Å². The monoisotopic (exact) mass is 254 g/mol. The lowest BCUT2D eigenvalue weighted by molar-refractivity contribution is 0.0524. The second-order valence-corrected chi connectivity index (χ2v) is 4.59. The van der Waals surface area contributed by atoms with Crippen molar-refractivity contribution >= 4 is 21.8 Å². The van der Waals surface area contributed by atoms with E-state index in [0.717, 1.165) is 17.6 Å². The minimum Gasteiger partial charge on any atom is -0.337 e. The normalized spacial score (nSPS) is 16.6. The highest BCUT2D eigenvalue weighted by atomic mass is 79.9. The molecular formula is C10H11BrN2O. The van der Waals surface area contributed by atoms with Crippen molar-refractivity contribution < 1.29 is 4.79 Å². The molecule has 0 atom stereocenters. The Morgan fingerprint density at radius 3 is 2.93 bits per heavy atom. The van der Waals surface area contributed by atoms with Crippen molar-refractivity contribution in [1.29, 1.82) is 0 Å². The SMILES string of the molecule is CC1CN(C(=O)c2cc(Br)ccn2)C1. The number of halogens is 1. The second kappa shape index (κ2) is 3.69. The molecule has 1 aliphatic heterocycles. The van der Waals surface area contributed by atoms with Gasteiger partial charge < -0.3 is 4.90 Å². The first-order valence-corrected chi connectivity index (χ1v) is 5.37. The molecule has 0 bridgehead atoms. The Balaban J connectivity index is 2.12. The van der Waals surface area contributed by atoms with Crippen LogP contribution in [0.4, 0.5) is 0 Å². The van der Waals surface area contributed by atoms with Crippen molar-refractivity contribution in [1.82, 2.24) is 9.88 Å². The highest BCUT2D eigenvalue weighted by Crippen LogP contribution is 2.18. The first-order valence-electron chi connectivity index (χ1n) is 4.57. The van der Waals surface area contributed by atoms with Crippen LogP contribution in [0.25, 0.3) is 0 Å². The van der Waals surface area contributed by atoms with Gasteiger partial charge in [-0.15, -0.1) is 0 Å². The Bertz CT molecular complexity index is 361. The van der Waals surface area contributed by atoms with Crippen LogP contribution in [0.2, 0.25) is 0 Å². The van der Waals surface area contributed by atoms with Crippen molar-refractivity contribution in [3.63, 3.8) is 0 Å². The van der Waals surface area contributed by atoms with Crippen molar-refractivity contribution in [2.75, 3.05) is 13.1 Å². The van der Waals surface area contributed by atoms with Crippen molar-refractivity contribution in [3.05, 3.63) is 28.5 Å². The van der Waals surface area contributed by atoms with Crippen LogP contribution in [0, 0.1) is 5.92 Å². The molecule has 2 rings (SSSR count). The zero-order chi connectivity index (χ0) is 10.1. The fraction of sp³-hybridized carbons (Fsp3) is 0.400. The van der Waals surface area contributed by atoms with E-state index in [9.17, 15) is 4.79 Å². The predicted molar refractivity (Wildman–Crippen MR) is 57.0 cm³/mol. The third-order valence-electron chi connectivity index (χ3n) is 2.29. The van der Waals surface area contributed by atoms with Gasteiger partial charge in [0.2, 0.25) is 0 Å². The molecule has 1 aromatic heterocycles. The number of hydrogen-bond acceptors (Lipinski definition) is 2. The average Bonchev–Trinajstić information content (AvgIpc) is 2.12. The van der Waals surface area contributed by atoms with E-state index >= 15 is 0 Å². The second-order valence-electron chi connectivity index (χ2n) is 3.67.